The van der Waals surface area contributed by atoms with Gasteiger partial charge in [0.05, 0.1) is 0 Å². The molecule has 0 saturated heterocycles. The lowest BCUT2D eigenvalue weighted by Crippen LogP contribution is -2.22. The zero-order chi connectivity index (χ0) is 13.8. The van der Waals surface area contributed by atoms with Gasteiger partial charge in [0.1, 0.15) is 16.2 Å². The normalized spacial score (nSPS) is 13.4. The second kappa shape index (κ2) is 6.75. The summed E-state index contributed by atoms with van der Waals surface area (Å²) in [4.78, 5) is 9.03. The van der Waals surface area contributed by atoms with Gasteiger partial charge >= 0.3 is 0 Å². The predicted molar refractivity (Wildman–Crippen MR) is 84.5 cm³/mol. The fraction of sp³-hybridized carbons (Fsp3) is 0.692. The van der Waals surface area contributed by atoms with Crippen molar-refractivity contribution in [1.29, 1.82) is 0 Å². The second-order valence-corrected chi connectivity index (χ2v) is 7.49. The number of thioether (sulfide) groups is 1. The predicted octanol–water partition coefficient (Wildman–Crippen LogP) is 4.09. The first-order valence-electron chi connectivity index (χ1n) is 6.22. The van der Waals surface area contributed by atoms with Gasteiger partial charge in [-0.25, -0.2) is 9.97 Å². The molecule has 0 spiro atoms. The first kappa shape index (κ1) is 15.8. The molecule has 3 nitrogen and oxygen atoms in total. The summed E-state index contributed by atoms with van der Waals surface area (Å²) in [5.74, 6) is 3.98. The molecule has 5 heteroatoms. The summed E-state index contributed by atoms with van der Waals surface area (Å²) < 4.78 is 0.834. The van der Waals surface area contributed by atoms with E-state index in [1.165, 1.54) is 0 Å². The molecule has 0 fully saturated rings. The Labute approximate surface area is 123 Å². The Morgan fingerprint density at radius 3 is 2.61 bits per heavy atom. The Morgan fingerprint density at radius 1 is 1.39 bits per heavy atom. The average molecular weight is 332 g/mol. The topological polar surface area (TPSA) is 37.8 Å². The molecule has 0 aromatic carbocycles. The van der Waals surface area contributed by atoms with Crippen molar-refractivity contribution in [2.24, 2.45) is 0 Å². The lowest BCUT2D eigenvalue weighted by molar-refractivity contribution is 0.544. The minimum atomic E-state index is -0.0401. The molecule has 0 amide bonds. The van der Waals surface area contributed by atoms with Crippen LogP contribution in [0, 0.1) is 0 Å². The number of hydrogen-bond donors (Lipinski definition) is 1. The molecule has 0 radical (unpaired) electrons. The SMILES string of the molecule is CCSCC(C)Nc1cc(Br)nc(C(C)(C)C)n1. The molecule has 0 aliphatic heterocycles. The zero-order valence-electron chi connectivity index (χ0n) is 11.7. The van der Waals surface area contributed by atoms with Gasteiger partial charge in [-0.05, 0) is 28.6 Å². The van der Waals surface area contributed by atoms with Gasteiger partial charge in [0.15, 0.2) is 0 Å². The van der Waals surface area contributed by atoms with Crippen LogP contribution in [-0.4, -0.2) is 27.5 Å². The number of anilines is 1. The van der Waals surface area contributed by atoms with E-state index < -0.39 is 0 Å². The molecule has 1 rings (SSSR count). The quantitative estimate of drug-likeness (QED) is 0.824. The summed E-state index contributed by atoms with van der Waals surface area (Å²) >= 11 is 5.38. The Hall–Kier alpha value is -0.290. The fourth-order valence-electron chi connectivity index (χ4n) is 1.42. The van der Waals surface area contributed by atoms with Gasteiger partial charge in [0, 0.05) is 23.3 Å². The minimum Gasteiger partial charge on any atom is -0.367 e. The number of rotatable bonds is 5. The molecule has 0 aliphatic carbocycles. The van der Waals surface area contributed by atoms with Crippen LogP contribution in [0.3, 0.4) is 0 Å². The zero-order valence-corrected chi connectivity index (χ0v) is 14.2. The summed E-state index contributed by atoms with van der Waals surface area (Å²) in [6.45, 7) is 10.7. The molecule has 1 aromatic rings. The summed E-state index contributed by atoms with van der Waals surface area (Å²) in [6, 6.07) is 2.34. The molecule has 1 heterocycles. The Kier molecular flexibility index (Phi) is 5.92. The number of nitrogens with one attached hydrogen (secondary N) is 1. The van der Waals surface area contributed by atoms with Crippen molar-refractivity contribution in [3.8, 4) is 0 Å². The van der Waals surface area contributed by atoms with Gasteiger partial charge in [-0.15, -0.1) is 0 Å². The fourth-order valence-corrected chi connectivity index (χ4v) is 2.47. The smallest absolute Gasteiger partial charge is 0.137 e. The van der Waals surface area contributed by atoms with E-state index in [0.717, 1.165) is 27.8 Å². The van der Waals surface area contributed by atoms with Crippen molar-refractivity contribution in [2.45, 2.75) is 46.1 Å². The van der Waals surface area contributed by atoms with Crippen molar-refractivity contribution in [1.82, 2.24) is 9.97 Å². The maximum Gasteiger partial charge on any atom is 0.137 e. The molecule has 0 aliphatic rings. The van der Waals surface area contributed by atoms with E-state index in [1.54, 1.807) is 0 Å². The highest BCUT2D eigenvalue weighted by Gasteiger charge is 2.19. The monoisotopic (exact) mass is 331 g/mol. The van der Waals surface area contributed by atoms with Crippen LogP contribution in [0.15, 0.2) is 10.7 Å². The molecular weight excluding hydrogens is 310 g/mol. The van der Waals surface area contributed by atoms with Crippen molar-refractivity contribution >= 4 is 33.5 Å². The minimum absolute atomic E-state index is 0.0401. The van der Waals surface area contributed by atoms with Gasteiger partial charge in [-0.3, -0.25) is 0 Å². The van der Waals surface area contributed by atoms with Crippen molar-refractivity contribution in [3.63, 3.8) is 0 Å². The van der Waals surface area contributed by atoms with Crippen LogP contribution >= 0.6 is 27.7 Å². The van der Waals surface area contributed by atoms with Gasteiger partial charge < -0.3 is 5.32 Å². The van der Waals surface area contributed by atoms with E-state index in [2.05, 4.69) is 65.8 Å². The molecular formula is C13H22BrN3S. The number of aromatic nitrogens is 2. The Morgan fingerprint density at radius 2 is 2.06 bits per heavy atom. The van der Waals surface area contributed by atoms with E-state index in [9.17, 15) is 0 Å². The summed E-state index contributed by atoms with van der Waals surface area (Å²) in [6.07, 6.45) is 0. The van der Waals surface area contributed by atoms with Gasteiger partial charge in [0.25, 0.3) is 0 Å². The van der Waals surface area contributed by atoms with Crippen LogP contribution < -0.4 is 5.32 Å². The average Bonchev–Trinajstić information content (AvgIpc) is 2.24. The first-order chi connectivity index (χ1) is 8.32. The molecule has 102 valence electrons. The van der Waals surface area contributed by atoms with E-state index in [-0.39, 0.29) is 5.41 Å². The van der Waals surface area contributed by atoms with Crippen LogP contribution in [0.2, 0.25) is 0 Å². The van der Waals surface area contributed by atoms with E-state index in [0.29, 0.717) is 6.04 Å². The molecule has 1 aromatic heterocycles. The third-order valence-corrected chi connectivity index (χ3v) is 3.88. The summed E-state index contributed by atoms with van der Waals surface area (Å²) in [5, 5.41) is 3.43. The number of hydrogen-bond acceptors (Lipinski definition) is 4. The van der Waals surface area contributed by atoms with Crippen LogP contribution in [0.5, 0.6) is 0 Å². The highest BCUT2D eigenvalue weighted by molar-refractivity contribution is 9.10. The highest BCUT2D eigenvalue weighted by atomic mass is 79.9. The highest BCUT2D eigenvalue weighted by Crippen LogP contribution is 2.23. The van der Waals surface area contributed by atoms with Crippen LogP contribution in [-0.2, 0) is 5.41 Å². The Balaban J connectivity index is 2.80. The largest absolute Gasteiger partial charge is 0.367 e. The van der Waals surface area contributed by atoms with Gasteiger partial charge in [-0.1, -0.05) is 27.7 Å². The maximum atomic E-state index is 4.59. The molecule has 18 heavy (non-hydrogen) atoms. The van der Waals surface area contributed by atoms with Crippen LogP contribution in [0.1, 0.15) is 40.4 Å². The van der Waals surface area contributed by atoms with Crippen molar-refractivity contribution in [3.05, 3.63) is 16.5 Å². The van der Waals surface area contributed by atoms with Crippen LogP contribution in [0.25, 0.3) is 0 Å². The molecule has 1 atom stereocenters. The molecule has 1 unspecified atom stereocenters. The van der Waals surface area contributed by atoms with Crippen molar-refractivity contribution < 1.29 is 0 Å². The van der Waals surface area contributed by atoms with E-state index in [1.807, 2.05) is 17.8 Å². The maximum absolute atomic E-state index is 4.59. The number of nitrogens with zero attached hydrogens (tertiary/aromatic N) is 2. The van der Waals surface area contributed by atoms with Gasteiger partial charge in [0.2, 0.25) is 0 Å². The second-order valence-electron chi connectivity index (χ2n) is 5.35. The van der Waals surface area contributed by atoms with Crippen molar-refractivity contribution in [2.75, 3.05) is 16.8 Å². The van der Waals surface area contributed by atoms with Gasteiger partial charge in [-0.2, -0.15) is 11.8 Å². The lowest BCUT2D eigenvalue weighted by Gasteiger charge is -2.19. The molecule has 0 bridgehead atoms. The Bertz CT molecular complexity index is 390. The third kappa shape index (κ3) is 5.14. The summed E-state index contributed by atoms with van der Waals surface area (Å²) in [5.41, 5.74) is -0.0401. The molecule has 1 N–H and O–H groups in total. The lowest BCUT2D eigenvalue weighted by atomic mass is 9.96. The third-order valence-electron chi connectivity index (χ3n) is 2.33. The number of halogens is 1. The van der Waals surface area contributed by atoms with E-state index in [4.69, 9.17) is 0 Å². The standard InChI is InChI=1S/C13H22BrN3S/c1-6-18-8-9(2)15-11-7-10(14)16-12(17-11)13(3,4)5/h7,9H,6,8H2,1-5H3,(H,15,16,17). The first-order valence-corrected chi connectivity index (χ1v) is 8.17. The van der Waals surface area contributed by atoms with E-state index >= 15 is 0 Å². The summed E-state index contributed by atoms with van der Waals surface area (Å²) in [7, 11) is 0. The van der Waals surface area contributed by atoms with Crippen LogP contribution in [0.4, 0.5) is 5.82 Å². The molecule has 0 saturated carbocycles.